The summed E-state index contributed by atoms with van der Waals surface area (Å²) in [4.78, 5) is 27.2. The molecule has 8 heteroatoms. The molecule has 0 aliphatic carbocycles. The van der Waals surface area contributed by atoms with E-state index in [0.29, 0.717) is 22.8 Å². The molecule has 0 radical (unpaired) electrons. The van der Waals surface area contributed by atoms with E-state index < -0.39 is 35.2 Å². The number of aliphatic hydroxyl groups is 1. The fourth-order valence-electron chi connectivity index (χ4n) is 3.63. The van der Waals surface area contributed by atoms with E-state index >= 15 is 0 Å². The third-order valence-electron chi connectivity index (χ3n) is 5.09. The Morgan fingerprint density at radius 3 is 2.16 bits per heavy atom. The molecule has 1 amide bonds. The first-order valence-electron chi connectivity index (χ1n) is 9.61. The molecule has 2 aromatic rings. The summed E-state index contributed by atoms with van der Waals surface area (Å²) in [6.45, 7) is 3.34. The van der Waals surface area contributed by atoms with E-state index in [-0.39, 0.29) is 11.3 Å². The van der Waals surface area contributed by atoms with Gasteiger partial charge in [-0.25, -0.2) is 4.39 Å². The second-order valence-electron chi connectivity index (χ2n) is 7.30. The Balaban J connectivity index is 2.29. The maximum Gasteiger partial charge on any atom is 0.294 e. The van der Waals surface area contributed by atoms with Crippen LogP contribution in [0.25, 0.3) is 0 Å². The SMILES string of the molecule is COc1cc(C2C(C(=O)C(C)C)=C(O)C(=O)N2c2cccc(F)c2)cc(OC)c1OC. The predicted molar refractivity (Wildman–Crippen MR) is 112 cm³/mol. The molecule has 1 aliphatic heterocycles. The van der Waals surface area contributed by atoms with Crippen LogP contribution in [0.2, 0.25) is 0 Å². The van der Waals surface area contributed by atoms with Crippen molar-refractivity contribution in [3.63, 3.8) is 0 Å². The number of rotatable bonds is 7. The molecule has 1 heterocycles. The Hall–Kier alpha value is -3.55. The Morgan fingerprint density at radius 1 is 1.06 bits per heavy atom. The number of Topliss-reactive ketones (excluding diaryl/α,β-unsaturated/α-hetero) is 1. The van der Waals surface area contributed by atoms with Crippen molar-refractivity contribution in [2.45, 2.75) is 19.9 Å². The van der Waals surface area contributed by atoms with Crippen LogP contribution in [0.4, 0.5) is 10.1 Å². The van der Waals surface area contributed by atoms with Crippen LogP contribution >= 0.6 is 0 Å². The zero-order chi connectivity index (χ0) is 22.9. The standard InChI is InChI=1S/C23H24FNO6/c1-12(2)20(26)18-19(13-9-16(29-3)22(31-5)17(10-13)30-4)25(23(28)21(18)27)15-8-6-7-14(24)11-15/h6-12,19,27H,1-5H3. The zero-order valence-electron chi connectivity index (χ0n) is 17.9. The monoisotopic (exact) mass is 429 g/mol. The molecule has 1 N–H and O–H groups in total. The van der Waals surface area contributed by atoms with Crippen molar-refractivity contribution in [1.82, 2.24) is 0 Å². The van der Waals surface area contributed by atoms with Crippen molar-refractivity contribution in [1.29, 1.82) is 0 Å². The van der Waals surface area contributed by atoms with Crippen LogP contribution in [-0.2, 0) is 9.59 Å². The van der Waals surface area contributed by atoms with Gasteiger partial charge in [0.2, 0.25) is 5.75 Å². The van der Waals surface area contributed by atoms with Crippen LogP contribution in [-0.4, -0.2) is 38.1 Å². The molecule has 3 rings (SSSR count). The molecule has 0 saturated heterocycles. The predicted octanol–water partition coefficient (Wildman–Crippen LogP) is 3.98. The molecule has 0 bridgehead atoms. The fraction of sp³-hybridized carbons (Fsp3) is 0.304. The van der Waals surface area contributed by atoms with Gasteiger partial charge in [0, 0.05) is 11.6 Å². The first kappa shape index (κ1) is 22.1. The summed E-state index contributed by atoms with van der Waals surface area (Å²) >= 11 is 0. The first-order valence-corrected chi connectivity index (χ1v) is 9.61. The maximum atomic E-state index is 14.0. The van der Waals surface area contributed by atoms with E-state index in [9.17, 15) is 19.1 Å². The van der Waals surface area contributed by atoms with Gasteiger partial charge in [0.15, 0.2) is 23.0 Å². The van der Waals surface area contributed by atoms with Crippen molar-refractivity contribution in [2.75, 3.05) is 26.2 Å². The van der Waals surface area contributed by atoms with Crippen molar-refractivity contribution >= 4 is 17.4 Å². The lowest BCUT2D eigenvalue weighted by atomic mass is 9.90. The largest absolute Gasteiger partial charge is 0.503 e. The zero-order valence-corrected chi connectivity index (χ0v) is 17.9. The molecule has 164 valence electrons. The quantitative estimate of drug-likeness (QED) is 0.717. The van der Waals surface area contributed by atoms with Crippen molar-refractivity contribution in [3.8, 4) is 17.2 Å². The molecule has 1 aliphatic rings. The van der Waals surface area contributed by atoms with Crippen LogP contribution in [0.5, 0.6) is 17.2 Å². The van der Waals surface area contributed by atoms with Gasteiger partial charge in [-0.2, -0.15) is 0 Å². The topological polar surface area (TPSA) is 85.3 Å². The van der Waals surface area contributed by atoms with Gasteiger partial charge in [0.1, 0.15) is 5.82 Å². The summed E-state index contributed by atoms with van der Waals surface area (Å²) in [6.07, 6.45) is 0. The van der Waals surface area contributed by atoms with E-state index in [0.717, 1.165) is 0 Å². The first-order chi connectivity index (χ1) is 14.7. The molecular weight excluding hydrogens is 405 g/mol. The fourth-order valence-corrected chi connectivity index (χ4v) is 3.63. The van der Waals surface area contributed by atoms with Crippen molar-refractivity contribution < 1.29 is 33.3 Å². The molecular formula is C23H24FNO6. The number of benzene rings is 2. The number of nitrogens with zero attached hydrogens (tertiary/aromatic N) is 1. The Labute approximate surface area is 179 Å². The summed E-state index contributed by atoms with van der Waals surface area (Å²) in [5.41, 5.74) is 0.556. The van der Waals surface area contributed by atoms with E-state index in [1.165, 1.54) is 50.5 Å². The van der Waals surface area contributed by atoms with Crippen LogP contribution in [0.3, 0.4) is 0 Å². The van der Waals surface area contributed by atoms with E-state index in [2.05, 4.69) is 0 Å². The molecule has 31 heavy (non-hydrogen) atoms. The number of methoxy groups -OCH3 is 3. The minimum absolute atomic E-state index is 0.0708. The van der Waals surface area contributed by atoms with Gasteiger partial charge in [0.25, 0.3) is 5.91 Å². The highest BCUT2D eigenvalue weighted by Gasteiger charge is 2.45. The Morgan fingerprint density at radius 2 is 1.68 bits per heavy atom. The molecule has 1 atom stereocenters. The molecule has 0 fully saturated rings. The highest BCUT2D eigenvalue weighted by Crippen LogP contribution is 2.46. The number of ether oxygens (including phenoxy) is 3. The molecule has 0 saturated carbocycles. The summed E-state index contributed by atoms with van der Waals surface area (Å²) < 4.78 is 30.1. The van der Waals surface area contributed by atoms with E-state index in [4.69, 9.17) is 14.2 Å². The van der Waals surface area contributed by atoms with Gasteiger partial charge in [-0.3, -0.25) is 14.5 Å². The van der Waals surface area contributed by atoms with Crippen LogP contribution in [0, 0.1) is 11.7 Å². The number of ketones is 1. The maximum absolute atomic E-state index is 14.0. The number of amides is 1. The van der Waals surface area contributed by atoms with E-state index in [1.807, 2.05) is 0 Å². The second-order valence-corrected chi connectivity index (χ2v) is 7.30. The number of hydrogen-bond donors (Lipinski definition) is 1. The number of halogens is 1. The molecule has 0 spiro atoms. The normalized spacial score (nSPS) is 16.2. The smallest absolute Gasteiger partial charge is 0.294 e. The summed E-state index contributed by atoms with van der Waals surface area (Å²) in [7, 11) is 4.34. The Bertz CT molecular complexity index is 1040. The average molecular weight is 429 g/mol. The minimum Gasteiger partial charge on any atom is -0.503 e. The minimum atomic E-state index is -1.02. The van der Waals surface area contributed by atoms with Crippen molar-refractivity contribution in [3.05, 3.63) is 59.1 Å². The van der Waals surface area contributed by atoms with Crippen molar-refractivity contribution in [2.24, 2.45) is 5.92 Å². The van der Waals surface area contributed by atoms with Crippen LogP contribution < -0.4 is 19.1 Å². The van der Waals surface area contributed by atoms with Gasteiger partial charge in [-0.15, -0.1) is 0 Å². The average Bonchev–Trinajstić information content (AvgIpc) is 3.02. The number of aliphatic hydroxyl groups excluding tert-OH is 1. The lowest BCUT2D eigenvalue weighted by Crippen LogP contribution is -2.31. The van der Waals surface area contributed by atoms with Gasteiger partial charge < -0.3 is 19.3 Å². The summed E-state index contributed by atoms with van der Waals surface area (Å²) in [5.74, 6) is -1.95. The number of carbonyl (C=O) groups excluding carboxylic acids is 2. The summed E-state index contributed by atoms with van der Waals surface area (Å²) in [6, 6.07) is 7.56. The third kappa shape index (κ3) is 3.81. The third-order valence-corrected chi connectivity index (χ3v) is 5.09. The van der Waals surface area contributed by atoms with Crippen LogP contribution in [0.15, 0.2) is 47.7 Å². The van der Waals surface area contributed by atoms with Gasteiger partial charge in [0.05, 0.1) is 32.9 Å². The molecule has 7 nitrogen and oxygen atoms in total. The van der Waals surface area contributed by atoms with E-state index in [1.54, 1.807) is 26.0 Å². The molecule has 1 unspecified atom stereocenters. The van der Waals surface area contributed by atoms with Gasteiger partial charge in [-0.05, 0) is 35.9 Å². The highest BCUT2D eigenvalue weighted by atomic mass is 19.1. The summed E-state index contributed by atoms with van der Waals surface area (Å²) in [5, 5.41) is 10.6. The Kier molecular flexibility index (Phi) is 6.19. The number of anilines is 1. The number of hydrogen-bond acceptors (Lipinski definition) is 6. The number of carbonyl (C=O) groups is 2. The van der Waals surface area contributed by atoms with Crippen LogP contribution in [0.1, 0.15) is 25.5 Å². The molecule has 0 aromatic heterocycles. The van der Waals surface area contributed by atoms with Gasteiger partial charge in [-0.1, -0.05) is 19.9 Å². The molecule has 2 aromatic carbocycles. The van der Waals surface area contributed by atoms with Gasteiger partial charge >= 0.3 is 0 Å². The second kappa shape index (κ2) is 8.67. The lowest BCUT2D eigenvalue weighted by molar-refractivity contribution is -0.119. The lowest BCUT2D eigenvalue weighted by Gasteiger charge is -2.28. The highest BCUT2D eigenvalue weighted by molar-refractivity contribution is 6.16.